The van der Waals surface area contributed by atoms with Gasteiger partial charge in [0.2, 0.25) is 0 Å². The summed E-state index contributed by atoms with van der Waals surface area (Å²) in [6, 6.07) is 16.2. The van der Waals surface area contributed by atoms with Crippen molar-refractivity contribution in [3.05, 3.63) is 72.1 Å². The van der Waals surface area contributed by atoms with Crippen LogP contribution in [0.25, 0.3) is 5.69 Å². The van der Waals surface area contributed by atoms with E-state index in [-0.39, 0.29) is 12.4 Å². The molecule has 1 aromatic heterocycles. The average Bonchev–Trinajstić information content (AvgIpc) is 3.05. The maximum absolute atomic E-state index is 12.0. The van der Waals surface area contributed by atoms with Crippen LogP contribution in [0.1, 0.15) is 11.3 Å². The molecule has 3 aromatic rings. The summed E-state index contributed by atoms with van der Waals surface area (Å²) in [4.78, 5) is 12.0. The van der Waals surface area contributed by atoms with Crippen molar-refractivity contribution in [2.75, 3.05) is 5.73 Å². The van der Waals surface area contributed by atoms with Gasteiger partial charge >= 0.3 is 5.97 Å². The normalized spacial score (nSPS) is 10.5. The molecule has 3 rings (SSSR count). The molecule has 0 spiro atoms. The number of nitrogen functional groups attached to an aromatic ring is 1. The van der Waals surface area contributed by atoms with E-state index < -0.39 is 0 Å². The van der Waals surface area contributed by atoms with Crippen LogP contribution in [0.3, 0.4) is 0 Å². The summed E-state index contributed by atoms with van der Waals surface area (Å²) in [6.07, 6.45) is 1.90. The van der Waals surface area contributed by atoms with Crippen LogP contribution in [-0.2, 0) is 17.8 Å². The largest absolute Gasteiger partial charge is 0.426 e. The molecular weight excluding hydrogens is 304 g/mol. The lowest BCUT2D eigenvalue weighted by Gasteiger charge is -2.04. The van der Waals surface area contributed by atoms with Gasteiger partial charge in [-0.15, -0.1) is 0 Å². The van der Waals surface area contributed by atoms with E-state index in [1.165, 1.54) is 0 Å². The number of nitrogens with zero attached hydrogens (tertiary/aromatic N) is 2. The van der Waals surface area contributed by atoms with Gasteiger partial charge in [-0.25, -0.2) is 4.68 Å². The Morgan fingerprint density at radius 1 is 1.04 bits per heavy atom. The summed E-state index contributed by atoms with van der Waals surface area (Å²) >= 11 is 0. The minimum atomic E-state index is -0.372. The monoisotopic (exact) mass is 322 g/mol. The Balaban J connectivity index is 1.64. The van der Waals surface area contributed by atoms with Crippen LogP contribution in [0, 0.1) is 0 Å². The maximum atomic E-state index is 12.0. The zero-order valence-electron chi connectivity index (χ0n) is 13.1. The Labute approximate surface area is 139 Å². The first-order valence-corrected chi connectivity index (χ1v) is 7.54. The highest BCUT2D eigenvalue weighted by atomic mass is 16.5. The molecule has 122 valence electrons. The highest BCUT2D eigenvalue weighted by Gasteiger charge is 2.10. The lowest BCUT2D eigenvalue weighted by Crippen LogP contribution is -2.12. The highest BCUT2D eigenvalue weighted by molar-refractivity contribution is 5.74. The van der Waals surface area contributed by atoms with Crippen LogP contribution in [0.15, 0.2) is 60.8 Å². The Hall–Kier alpha value is -3.12. The number of benzene rings is 2. The lowest BCUT2D eigenvalue weighted by atomic mass is 10.2. The minimum Gasteiger partial charge on any atom is -0.426 e. The molecule has 0 aliphatic rings. The van der Waals surface area contributed by atoms with Crippen LogP contribution in [0.4, 0.5) is 5.69 Å². The summed E-state index contributed by atoms with van der Waals surface area (Å²) < 4.78 is 6.98. The molecule has 6 nitrogen and oxygen atoms in total. The number of anilines is 1. The molecule has 0 bridgehead atoms. The molecule has 6 heteroatoms. The molecule has 1 heterocycles. The molecule has 0 aliphatic heterocycles. The second-order valence-electron chi connectivity index (χ2n) is 5.34. The number of esters is 1. The van der Waals surface area contributed by atoms with Gasteiger partial charge in [0.1, 0.15) is 5.75 Å². The molecule has 4 N–H and O–H groups in total. The summed E-state index contributed by atoms with van der Waals surface area (Å²) in [5, 5.41) is 4.40. The summed E-state index contributed by atoms with van der Waals surface area (Å²) in [5.41, 5.74) is 14.4. The lowest BCUT2D eigenvalue weighted by molar-refractivity contribution is -0.133. The van der Waals surface area contributed by atoms with E-state index in [2.05, 4.69) is 5.10 Å². The van der Waals surface area contributed by atoms with Crippen LogP contribution >= 0.6 is 0 Å². The smallest absolute Gasteiger partial charge is 0.317 e. The van der Waals surface area contributed by atoms with Crippen molar-refractivity contribution in [1.29, 1.82) is 0 Å². The van der Waals surface area contributed by atoms with E-state index in [0.29, 0.717) is 23.7 Å². The predicted octanol–water partition coefficient (Wildman–Crippen LogP) is 2.06. The van der Waals surface area contributed by atoms with Crippen molar-refractivity contribution in [3.8, 4) is 11.4 Å². The van der Waals surface area contributed by atoms with Crippen molar-refractivity contribution >= 4 is 11.7 Å². The van der Waals surface area contributed by atoms with E-state index >= 15 is 0 Å². The molecule has 24 heavy (non-hydrogen) atoms. The first-order chi connectivity index (χ1) is 11.6. The number of hydrogen-bond acceptors (Lipinski definition) is 5. The van der Waals surface area contributed by atoms with Gasteiger partial charge in [0.25, 0.3) is 0 Å². The van der Waals surface area contributed by atoms with Crippen molar-refractivity contribution in [2.24, 2.45) is 5.73 Å². The second-order valence-corrected chi connectivity index (χ2v) is 5.34. The topological polar surface area (TPSA) is 96.2 Å². The number of nitrogens with two attached hydrogens (primary N) is 2. The number of carbonyl (C=O) groups excluding carboxylic acids is 1. The average molecular weight is 322 g/mol. The van der Waals surface area contributed by atoms with Gasteiger partial charge in [0.15, 0.2) is 0 Å². The van der Waals surface area contributed by atoms with E-state index in [1.807, 2.05) is 30.5 Å². The van der Waals surface area contributed by atoms with Gasteiger partial charge in [-0.05, 0) is 48.0 Å². The third-order valence-electron chi connectivity index (χ3n) is 3.52. The van der Waals surface area contributed by atoms with E-state index in [4.69, 9.17) is 16.2 Å². The molecule has 0 fully saturated rings. The van der Waals surface area contributed by atoms with Crippen LogP contribution in [-0.4, -0.2) is 15.7 Å². The van der Waals surface area contributed by atoms with Gasteiger partial charge in [-0.3, -0.25) is 4.79 Å². The van der Waals surface area contributed by atoms with Crippen molar-refractivity contribution in [3.63, 3.8) is 0 Å². The van der Waals surface area contributed by atoms with Crippen LogP contribution in [0.5, 0.6) is 5.75 Å². The number of ether oxygens (including phenoxy) is 1. The van der Waals surface area contributed by atoms with E-state index in [9.17, 15) is 4.79 Å². The Bertz CT molecular complexity index is 823. The predicted molar refractivity (Wildman–Crippen MR) is 91.6 cm³/mol. The Morgan fingerprint density at radius 3 is 2.42 bits per heavy atom. The zero-order valence-corrected chi connectivity index (χ0v) is 13.1. The number of carbonyl (C=O) groups is 1. The SMILES string of the molecule is NCc1ccc(-n2ccc(CC(=O)Oc3ccc(N)cc3)n2)cc1. The maximum Gasteiger partial charge on any atom is 0.317 e. The van der Waals surface area contributed by atoms with Crippen molar-refractivity contribution < 1.29 is 9.53 Å². The first-order valence-electron chi connectivity index (χ1n) is 7.54. The van der Waals surface area contributed by atoms with Crippen molar-refractivity contribution in [1.82, 2.24) is 9.78 Å². The third kappa shape index (κ3) is 3.80. The molecular formula is C18H18N4O2. The molecule has 0 atom stereocenters. The van der Waals surface area contributed by atoms with Gasteiger partial charge in [0, 0.05) is 18.4 Å². The molecule has 0 amide bonds. The number of rotatable bonds is 5. The van der Waals surface area contributed by atoms with Crippen LogP contribution < -0.4 is 16.2 Å². The highest BCUT2D eigenvalue weighted by Crippen LogP contribution is 2.14. The third-order valence-corrected chi connectivity index (χ3v) is 3.52. The van der Waals surface area contributed by atoms with Crippen molar-refractivity contribution in [2.45, 2.75) is 13.0 Å². The Morgan fingerprint density at radius 2 is 1.75 bits per heavy atom. The quantitative estimate of drug-likeness (QED) is 0.426. The van der Waals surface area contributed by atoms with Gasteiger partial charge in [-0.1, -0.05) is 12.1 Å². The fourth-order valence-electron chi connectivity index (χ4n) is 2.24. The summed E-state index contributed by atoms with van der Waals surface area (Å²) in [7, 11) is 0. The number of hydrogen-bond donors (Lipinski definition) is 2. The van der Waals surface area contributed by atoms with E-state index in [1.54, 1.807) is 35.0 Å². The van der Waals surface area contributed by atoms with E-state index in [0.717, 1.165) is 11.3 Å². The molecule has 0 radical (unpaired) electrons. The van der Waals surface area contributed by atoms with Crippen LogP contribution in [0.2, 0.25) is 0 Å². The molecule has 0 aliphatic carbocycles. The van der Waals surface area contributed by atoms with Gasteiger partial charge < -0.3 is 16.2 Å². The second kappa shape index (κ2) is 6.97. The molecule has 0 unspecified atom stereocenters. The first kappa shape index (κ1) is 15.8. The molecule has 2 aromatic carbocycles. The van der Waals surface area contributed by atoms with Gasteiger partial charge in [0.05, 0.1) is 17.8 Å². The number of aromatic nitrogens is 2. The Kier molecular flexibility index (Phi) is 4.58. The van der Waals surface area contributed by atoms with Gasteiger partial charge in [-0.2, -0.15) is 5.10 Å². The fourth-order valence-corrected chi connectivity index (χ4v) is 2.24. The standard InChI is InChI=1S/C18H18N4O2/c19-12-13-1-5-16(6-2-13)22-10-9-15(21-22)11-18(23)24-17-7-3-14(20)4-8-17/h1-10H,11-12,19-20H2. The minimum absolute atomic E-state index is 0.0955. The summed E-state index contributed by atoms with van der Waals surface area (Å²) in [6.45, 7) is 0.502. The fraction of sp³-hybridized carbons (Fsp3) is 0.111. The zero-order chi connectivity index (χ0) is 16.9. The molecule has 0 saturated heterocycles. The summed E-state index contributed by atoms with van der Waals surface area (Å²) in [5.74, 6) is 0.0921. The molecule has 0 saturated carbocycles.